The fourth-order valence-corrected chi connectivity index (χ4v) is 3.26. The number of rotatable bonds is 8. The van der Waals surface area contributed by atoms with Crippen LogP contribution in [0.25, 0.3) is 0 Å². The number of nitrogens with zero attached hydrogens (tertiary/aromatic N) is 1. The second-order valence-corrected chi connectivity index (χ2v) is 7.00. The van der Waals surface area contributed by atoms with E-state index >= 15 is 0 Å². The zero-order valence-electron chi connectivity index (χ0n) is 12.7. The molecule has 20 heavy (non-hydrogen) atoms. The van der Waals surface area contributed by atoms with Gasteiger partial charge in [-0.3, -0.25) is 0 Å². The van der Waals surface area contributed by atoms with E-state index in [9.17, 15) is 8.42 Å². The minimum Gasteiger partial charge on any atom is -0.319 e. The van der Waals surface area contributed by atoms with Crippen LogP contribution in [0.4, 0.5) is 0 Å². The van der Waals surface area contributed by atoms with E-state index in [0.717, 1.165) is 18.5 Å². The number of sulfonamides is 1. The zero-order chi connectivity index (χ0) is 15.2. The van der Waals surface area contributed by atoms with Gasteiger partial charge in [0.05, 0.1) is 4.90 Å². The van der Waals surface area contributed by atoms with Crippen molar-refractivity contribution >= 4 is 10.0 Å². The monoisotopic (exact) mass is 299 g/mol. The summed E-state index contributed by atoms with van der Waals surface area (Å²) in [5, 5.41) is 3.07. The first kappa shape index (κ1) is 17.1. The van der Waals surface area contributed by atoms with E-state index in [-0.39, 0.29) is 6.04 Å². The van der Waals surface area contributed by atoms with Crippen molar-refractivity contribution in [1.82, 2.24) is 14.9 Å². The van der Waals surface area contributed by atoms with Gasteiger partial charge in [0.2, 0.25) is 10.0 Å². The van der Waals surface area contributed by atoms with Crippen LogP contribution in [0, 0.1) is 0 Å². The highest BCUT2D eigenvalue weighted by molar-refractivity contribution is 7.89. The van der Waals surface area contributed by atoms with Crippen LogP contribution < -0.4 is 10.0 Å². The maximum Gasteiger partial charge on any atom is 0.240 e. The van der Waals surface area contributed by atoms with Gasteiger partial charge in [0.1, 0.15) is 0 Å². The van der Waals surface area contributed by atoms with Crippen molar-refractivity contribution in [3.63, 3.8) is 0 Å². The van der Waals surface area contributed by atoms with Crippen LogP contribution in [0.2, 0.25) is 0 Å². The van der Waals surface area contributed by atoms with E-state index in [2.05, 4.69) is 10.0 Å². The molecule has 1 aromatic rings. The molecular weight excluding hydrogens is 274 g/mol. The predicted molar refractivity (Wildman–Crippen MR) is 82.4 cm³/mol. The lowest BCUT2D eigenvalue weighted by atomic mass is 10.1. The molecule has 0 bridgehead atoms. The van der Waals surface area contributed by atoms with Gasteiger partial charge in [-0.1, -0.05) is 12.1 Å². The van der Waals surface area contributed by atoms with Crippen molar-refractivity contribution in [2.24, 2.45) is 0 Å². The van der Waals surface area contributed by atoms with Crippen LogP contribution in [-0.2, 0) is 16.4 Å². The Bertz CT molecular complexity index is 498. The normalized spacial score (nSPS) is 13.7. The molecule has 0 aliphatic heterocycles. The number of hydrogen-bond donors (Lipinski definition) is 2. The van der Waals surface area contributed by atoms with E-state index in [1.165, 1.54) is 0 Å². The Labute approximate surface area is 122 Å². The molecule has 2 N–H and O–H groups in total. The van der Waals surface area contributed by atoms with Gasteiger partial charge in [0, 0.05) is 12.6 Å². The van der Waals surface area contributed by atoms with E-state index < -0.39 is 10.0 Å². The Morgan fingerprint density at radius 1 is 1.20 bits per heavy atom. The molecule has 0 amide bonds. The maximum absolute atomic E-state index is 12.2. The van der Waals surface area contributed by atoms with Crippen molar-refractivity contribution in [2.75, 3.05) is 34.2 Å². The third kappa shape index (κ3) is 5.58. The number of hydrogen-bond acceptors (Lipinski definition) is 4. The van der Waals surface area contributed by atoms with Crippen LogP contribution in [0.1, 0.15) is 12.5 Å². The summed E-state index contributed by atoms with van der Waals surface area (Å²) < 4.78 is 27.1. The minimum absolute atomic E-state index is 0.126. The smallest absolute Gasteiger partial charge is 0.240 e. The van der Waals surface area contributed by atoms with Crippen molar-refractivity contribution in [1.29, 1.82) is 0 Å². The molecule has 1 rings (SSSR count). The molecule has 0 spiro atoms. The summed E-state index contributed by atoms with van der Waals surface area (Å²) in [5.74, 6) is 0. The van der Waals surface area contributed by atoms with Crippen molar-refractivity contribution in [3.8, 4) is 0 Å². The molecule has 0 heterocycles. The standard InChI is InChI=1S/C14H25N3O2S/c1-12(11-17(3)4)16-20(18,19)14-7-5-13(6-8-14)9-10-15-2/h5-8,12,15-16H,9-11H2,1-4H3. The van der Waals surface area contributed by atoms with Gasteiger partial charge >= 0.3 is 0 Å². The summed E-state index contributed by atoms with van der Waals surface area (Å²) in [7, 11) is 2.30. The fourth-order valence-electron chi connectivity index (χ4n) is 2.02. The van der Waals surface area contributed by atoms with Crippen LogP contribution in [-0.4, -0.2) is 53.6 Å². The third-order valence-corrected chi connectivity index (χ3v) is 4.50. The van der Waals surface area contributed by atoms with Crippen LogP contribution >= 0.6 is 0 Å². The van der Waals surface area contributed by atoms with E-state index in [4.69, 9.17) is 0 Å². The van der Waals surface area contributed by atoms with Crippen LogP contribution in [0.5, 0.6) is 0 Å². The van der Waals surface area contributed by atoms with E-state index in [1.807, 2.05) is 45.1 Å². The lowest BCUT2D eigenvalue weighted by molar-refractivity contribution is 0.370. The molecule has 0 aliphatic carbocycles. The molecule has 0 aliphatic rings. The van der Waals surface area contributed by atoms with Gasteiger partial charge in [-0.25, -0.2) is 13.1 Å². The van der Waals surface area contributed by atoms with Crippen LogP contribution in [0.15, 0.2) is 29.2 Å². The molecule has 1 atom stereocenters. The second-order valence-electron chi connectivity index (χ2n) is 5.28. The Morgan fingerprint density at radius 3 is 2.30 bits per heavy atom. The molecule has 0 aromatic heterocycles. The Kier molecular flexibility index (Phi) is 6.61. The summed E-state index contributed by atoms with van der Waals surface area (Å²) in [6, 6.07) is 6.93. The molecule has 0 radical (unpaired) electrons. The second kappa shape index (κ2) is 7.73. The molecule has 1 unspecified atom stereocenters. The molecule has 0 saturated heterocycles. The Morgan fingerprint density at radius 2 is 1.80 bits per heavy atom. The predicted octanol–water partition coefficient (Wildman–Crippen LogP) is 0.677. The largest absolute Gasteiger partial charge is 0.319 e. The average Bonchev–Trinajstić information content (AvgIpc) is 2.35. The molecule has 0 saturated carbocycles. The summed E-state index contributed by atoms with van der Waals surface area (Å²) in [6.45, 7) is 3.41. The maximum atomic E-state index is 12.2. The average molecular weight is 299 g/mol. The number of likely N-dealkylation sites (N-methyl/N-ethyl adjacent to an activating group) is 2. The highest BCUT2D eigenvalue weighted by Gasteiger charge is 2.17. The summed E-state index contributed by atoms with van der Waals surface area (Å²) in [4.78, 5) is 2.27. The van der Waals surface area contributed by atoms with Gasteiger partial charge in [0.25, 0.3) is 0 Å². The molecule has 5 nitrogen and oxygen atoms in total. The highest BCUT2D eigenvalue weighted by atomic mass is 32.2. The third-order valence-electron chi connectivity index (χ3n) is 2.89. The van der Waals surface area contributed by atoms with Crippen molar-refractivity contribution in [2.45, 2.75) is 24.3 Å². The summed E-state index contributed by atoms with van der Waals surface area (Å²) >= 11 is 0. The van der Waals surface area contributed by atoms with Gasteiger partial charge in [0.15, 0.2) is 0 Å². The molecule has 0 fully saturated rings. The van der Waals surface area contributed by atoms with E-state index in [0.29, 0.717) is 11.4 Å². The van der Waals surface area contributed by atoms with Gasteiger partial charge in [-0.05, 0) is 58.7 Å². The van der Waals surface area contributed by atoms with Crippen molar-refractivity contribution in [3.05, 3.63) is 29.8 Å². The van der Waals surface area contributed by atoms with E-state index in [1.54, 1.807) is 12.1 Å². The first-order chi connectivity index (χ1) is 9.35. The Balaban J connectivity index is 2.72. The molecule has 1 aromatic carbocycles. The number of benzene rings is 1. The quantitative estimate of drug-likeness (QED) is 0.741. The molecule has 114 valence electrons. The molecular formula is C14H25N3O2S. The zero-order valence-corrected chi connectivity index (χ0v) is 13.5. The highest BCUT2D eigenvalue weighted by Crippen LogP contribution is 2.11. The molecule has 6 heteroatoms. The summed E-state index contributed by atoms with van der Waals surface area (Å²) in [5.41, 5.74) is 1.12. The fraction of sp³-hybridized carbons (Fsp3) is 0.571. The first-order valence-corrected chi connectivity index (χ1v) is 8.24. The topological polar surface area (TPSA) is 61.4 Å². The van der Waals surface area contributed by atoms with Gasteiger partial charge in [-0.2, -0.15) is 0 Å². The minimum atomic E-state index is -3.43. The SMILES string of the molecule is CNCCc1ccc(S(=O)(=O)NC(C)CN(C)C)cc1. The number of nitrogens with one attached hydrogen (secondary N) is 2. The van der Waals surface area contributed by atoms with Gasteiger partial charge < -0.3 is 10.2 Å². The van der Waals surface area contributed by atoms with Crippen LogP contribution in [0.3, 0.4) is 0 Å². The Hall–Kier alpha value is -0.950. The lowest BCUT2D eigenvalue weighted by Gasteiger charge is -2.18. The lowest BCUT2D eigenvalue weighted by Crippen LogP contribution is -2.39. The van der Waals surface area contributed by atoms with Crippen molar-refractivity contribution < 1.29 is 8.42 Å². The first-order valence-electron chi connectivity index (χ1n) is 6.75. The summed E-state index contributed by atoms with van der Waals surface area (Å²) in [6.07, 6.45) is 0.890. The van der Waals surface area contributed by atoms with Gasteiger partial charge in [-0.15, -0.1) is 0 Å².